The molecule has 0 amide bonds. The number of ether oxygens (including phenoxy) is 1. The highest BCUT2D eigenvalue weighted by molar-refractivity contribution is 5.63. The van der Waals surface area contributed by atoms with Gasteiger partial charge in [-0.2, -0.15) is 5.10 Å². The van der Waals surface area contributed by atoms with Crippen molar-refractivity contribution in [2.24, 2.45) is 5.73 Å². The van der Waals surface area contributed by atoms with Gasteiger partial charge in [-0.1, -0.05) is 6.07 Å². The largest absolute Gasteiger partial charge is 0.485 e. The molecule has 0 bridgehead atoms. The quantitative estimate of drug-likeness (QED) is 0.886. The highest BCUT2D eigenvalue weighted by Crippen LogP contribution is 2.26. The van der Waals surface area contributed by atoms with E-state index in [0.717, 1.165) is 5.56 Å². The predicted molar refractivity (Wildman–Crippen MR) is 68.2 cm³/mol. The zero-order valence-electron chi connectivity index (χ0n) is 10.6. The third-order valence-corrected chi connectivity index (χ3v) is 2.62. The molecule has 0 aliphatic heterocycles. The smallest absolute Gasteiger partial charge is 0.272 e. The number of hydrogen-bond donors (Lipinski definition) is 1. The molecular formula is C13H14F3N3O. The Labute approximate surface area is 114 Å². The van der Waals surface area contributed by atoms with E-state index < -0.39 is 18.8 Å². The van der Waals surface area contributed by atoms with Gasteiger partial charge in [-0.3, -0.25) is 4.68 Å². The van der Waals surface area contributed by atoms with E-state index in [-0.39, 0.29) is 5.75 Å². The molecule has 1 heterocycles. The van der Waals surface area contributed by atoms with E-state index in [1.54, 1.807) is 17.1 Å². The fourth-order valence-electron chi connectivity index (χ4n) is 1.71. The first-order chi connectivity index (χ1) is 9.60. The minimum Gasteiger partial charge on any atom is -0.485 e. The Bertz CT molecular complexity index is 572. The third-order valence-electron chi connectivity index (χ3n) is 2.62. The normalized spacial score (nSPS) is 11.1. The van der Waals surface area contributed by atoms with Gasteiger partial charge in [0.05, 0.1) is 12.7 Å². The Morgan fingerprint density at radius 1 is 1.30 bits per heavy atom. The second kappa shape index (κ2) is 6.42. The van der Waals surface area contributed by atoms with Gasteiger partial charge in [-0.05, 0) is 17.7 Å². The molecule has 0 saturated carbocycles. The summed E-state index contributed by atoms with van der Waals surface area (Å²) in [5.41, 5.74) is 6.79. The number of aromatic nitrogens is 2. The molecule has 0 aliphatic rings. The minimum atomic E-state index is -2.65. The fourth-order valence-corrected chi connectivity index (χ4v) is 1.71. The van der Waals surface area contributed by atoms with E-state index in [9.17, 15) is 13.2 Å². The minimum absolute atomic E-state index is 0.200. The highest BCUT2D eigenvalue weighted by atomic mass is 19.3. The van der Waals surface area contributed by atoms with E-state index in [1.165, 1.54) is 18.2 Å². The van der Waals surface area contributed by atoms with Crippen LogP contribution in [-0.2, 0) is 6.54 Å². The Kier molecular flexibility index (Phi) is 4.62. The average Bonchev–Trinajstić information content (AvgIpc) is 2.87. The zero-order valence-corrected chi connectivity index (χ0v) is 10.6. The predicted octanol–water partition coefficient (Wildman–Crippen LogP) is 2.29. The molecule has 0 saturated heterocycles. The van der Waals surface area contributed by atoms with E-state index in [1.807, 2.05) is 0 Å². The van der Waals surface area contributed by atoms with Crippen LogP contribution in [-0.4, -0.2) is 29.4 Å². The first kappa shape index (κ1) is 14.4. The molecule has 108 valence electrons. The molecule has 7 heteroatoms. The van der Waals surface area contributed by atoms with Crippen molar-refractivity contribution >= 4 is 0 Å². The molecule has 2 N–H and O–H groups in total. The van der Waals surface area contributed by atoms with Crippen LogP contribution < -0.4 is 10.5 Å². The summed E-state index contributed by atoms with van der Waals surface area (Å²) in [6.07, 6.45) is 0.696. The summed E-state index contributed by atoms with van der Waals surface area (Å²) in [5.74, 6) is -0.877. The van der Waals surface area contributed by atoms with E-state index in [4.69, 9.17) is 10.5 Å². The van der Waals surface area contributed by atoms with Crippen LogP contribution in [0.1, 0.15) is 0 Å². The Morgan fingerprint density at radius 2 is 2.10 bits per heavy atom. The van der Waals surface area contributed by atoms with Crippen LogP contribution in [0.2, 0.25) is 0 Å². The zero-order chi connectivity index (χ0) is 14.5. The number of halogens is 3. The molecule has 0 unspecified atom stereocenters. The molecule has 2 rings (SSSR count). The first-order valence-corrected chi connectivity index (χ1v) is 6.03. The lowest BCUT2D eigenvalue weighted by Crippen LogP contribution is -2.09. The fraction of sp³-hybridized carbons (Fsp3) is 0.308. The number of nitrogens with zero attached hydrogens (tertiary/aromatic N) is 2. The lowest BCUT2D eigenvalue weighted by molar-refractivity contribution is 0.0799. The number of nitrogens with two attached hydrogens (primary N) is 1. The molecule has 0 radical (unpaired) electrons. The summed E-state index contributed by atoms with van der Waals surface area (Å²) in [6.45, 7) is 0.177. The van der Waals surface area contributed by atoms with Crippen molar-refractivity contribution in [1.82, 2.24) is 9.78 Å². The van der Waals surface area contributed by atoms with Crippen molar-refractivity contribution in [1.29, 1.82) is 0 Å². The Morgan fingerprint density at radius 3 is 2.80 bits per heavy atom. The molecule has 0 aliphatic carbocycles. The van der Waals surface area contributed by atoms with Gasteiger partial charge in [0, 0.05) is 18.3 Å². The van der Waals surface area contributed by atoms with Crippen molar-refractivity contribution in [2.45, 2.75) is 13.0 Å². The number of alkyl halides is 2. The van der Waals surface area contributed by atoms with Crippen molar-refractivity contribution in [3.8, 4) is 16.9 Å². The van der Waals surface area contributed by atoms with Gasteiger partial charge in [0.2, 0.25) is 0 Å². The Balaban J connectivity index is 2.20. The topological polar surface area (TPSA) is 53.1 Å². The van der Waals surface area contributed by atoms with Gasteiger partial charge in [0.1, 0.15) is 6.61 Å². The molecule has 0 spiro atoms. The van der Waals surface area contributed by atoms with E-state index in [0.29, 0.717) is 18.7 Å². The summed E-state index contributed by atoms with van der Waals surface area (Å²) >= 11 is 0. The first-order valence-electron chi connectivity index (χ1n) is 6.03. The number of hydrogen-bond acceptors (Lipinski definition) is 3. The average molecular weight is 285 g/mol. The van der Waals surface area contributed by atoms with Crippen LogP contribution in [0, 0.1) is 5.82 Å². The summed E-state index contributed by atoms with van der Waals surface area (Å²) < 4.78 is 44.0. The van der Waals surface area contributed by atoms with Gasteiger partial charge in [-0.15, -0.1) is 0 Å². The molecular weight excluding hydrogens is 271 g/mol. The summed E-state index contributed by atoms with van der Waals surface area (Å²) in [6, 6.07) is 4.09. The number of rotatable bonds is 6. The third kappa shape index (κ3) is 3.51. The van der Waals surface area contributed by atoms with Crippen LogP contribution in [0.15, 0.2) is 30.6 Å². The van der Waals surface area contributed by atoms with Gasteiger partial charge in [0.25, 0.3) is 6.43 Å². The molecule has 20 heavy (non-hydrogen) atoms. The number of benzene rings is 1. The van der Waals surface area contributed by atoms with Gasteiger partial charge >= 0.3 is 0 Å². The Hall–Kier alpha value is -2.02. The van der Waals surface area contributed by atoms with Crippen molar-refractivity contribution in [3.63, 3.8) is 0 Å². The standard InChI is InChI=1S/C13H14F3N3O/c14-11-2-1-9(5-12(11)20-8-13(15)16)10-6-18-19(7-10)4-3-17/h1-2,5-7,13H,3-4,8,17H2. The molecule has 0 fully saturated rings. The second-order valence-corrected chi connectivity index (χ2v) is 4.13. The van der Waals surface area contributed by atoms with E-state index >= 15 is 0 Å². The van der Waals surface area contributed by atoms with Crippen molar-refractivity contribution in [3.05, 3.63) is 36.4 Å². The molecule has 1 aromatic heterocycles. The molecule has 2 aromatic rings. The lowest BCUT2D eigenvalue weighted by atomic mass is 10.1. The lowest BCUT2D eigenvalue weighted by Gasteiger charge is -2.08. The van der Waals surface area contributed by atoms with Crippen molar-refractivity contribution < 1.29 is 17.9 Å². The van der Waals surface area contributed by atoms with Crippen LogP contribution in [0.3, 0.4) is 0 Å². The summed E-state index contributed by atoms with van der Waals surface area (Å²) in [5, 5.41) is 4.09. The monoisotopic (exact) mass is 285 g/mol. The van der Waals surface area contributed by atoms with Gasteiger partial charge in [0.15, 0.2) is 11.6 Å². The maximum absolute atomic E-state index is 13.5. The van der Waals surface area contributed by atoms with Gasteiger partial charge < -0.3 is 10.5 Å². The summed E-state index contributed by atoms with van der Waals surface area (Å²) in [7, 11) is 0. The molecule has 4 nitrogen and oxygen atoms in total. The SMILES string of the molecule is NCCn1cc(-c2ccc(F)c(OCC(F)F)c2)cn1. The maximum Gasteiger partial charge on any atom is 0.272 e. The maximum atomic E-state index is 13.5. The summed E-state index contributed by atoms with van der Waals surface area (Å²) in [4.78, 5) is 0. The second-order valence-electron chi connectivity index (χ2n) is 4.13. The van der Waals surface area contributed by atoms with E-state index in [2.05, 4.69) is 5.10 Å². The molecule has 1 aromatic carbocycles. The van der Waals surface area contributed by atoms with Crippen molar-refractivity contribution in [2.75, 3.05) is 13.2 Å². The highest BCUT2D eigenvalue weighted by Gasteiger charge is 2.10. The van der Waals surface area contributed by atoms with Gasteiger partial charge in [-0.25, -0.2) is 13.2 Å². The van der Waals surface area contributed by atoms with Crippen LogP contribution >= 0.6 is 0 Å². The van der Waals surface area contributed by atoms with Crippen LogP contribution in [0.4, 0.5) is 13.2 Å². The van der Waals surface area contributed by atoms with Crippen LogP contribution in [0.5, 0.6) is 5.75 Å². The van der Waals surface area contributed by atoms with Crippen LogP contribution in [0.25, 0.3) is 11.1 Å². The molecule has 0 atom stereocenters.